The molecule has 0 aromatic heterocycles. The number of amides is 2. The lowest BCUT2D eigenvalue weighted by Crippen LogP contribution is -2.47. The van der Waals surface area contributed by atoms with Crippen LogP contribution < -0.4 is 14.8 Å². The second-order valence-electron chi connectivity index (χ2n) is 10.1. The molecule has 2 aromatic carbocycles. The summed E-state index contributed by atoms with van der Waals surface area (Å²) in [5, 5.41) is 3.23. The van der Waals surface area contributed by atoms with Crippen LogP contribution in [0.15, 0.2) is 42.5 Å². The number of alkyl halides is 1. The molecule has 1 fully saturated rings. The Balaban J connectivity index is 2.00. The number of methoxy groups -OCH3 is 1. The first-order valence-corrected chi connectivity index (χ1v) is 13.3. The van der Waals surface area contributed by atoms with Crippen LogP contribution >= 0.6 is 11.6 Å². The highest BCUT2D eigenvalue weighted by molar-refractivity contribution is 6.27. The van der Waals surface area contributed by atoms with Crippen LogP contribution in [0.25, 0.3) is 0 Å². The molecule has 0 radical (unpaired) electrons. The van der Waals surface area contributed by atoms with Crippen molar-refractivity contribution in [1.29, 1.82) is 0 Å². The van der Waals surface area contributed by atoms with Crippen molar-refractivity contribution >= 4 is 23.4 Å². The zero-order valence-corrected chi connectivity index (χ0v) is 22.8. The number of nitrogens with one attached hydrogen (secondary N) is 1. The summed E-state index contributed by atoms with van der Waals surface area (Å²) in [6, 6.07) is 12.6. The van der Waals surface area contributed by atoms with E-state index in [2.05, 4.69) is 12.2 Å². The summed E-state index contributed by atoms with van der Waals surface area (Å²) >= 11 is 6.06. The Morgan fingerprint density at radius 3 is 2.31 bits per heavy atom. The van der Waals surface area contributed by atoms with Gasteiger partial charge < -0.3 is 19.7 Å². The van der Waals surface area contributed by atoms with E-state index in [0.29, 0.717) is 23.0 Å². The van der Waals surface area contributed by atoms with Crippen molar-refractivity contribution in [3.8, 4) is 11.5 Å². The Morgan fingerprint density at radius 2 is 1.72 bits per heavy atom. The predicted molar refractivity (Wildman–Crippen MR) is 144 cm³/mol. The smallest absolute Gasteiger partial charge is 0.247 e. The van der Waals surface area contributed by atoms with E-state index in [4.69, 9.17) is 21.1 Å². The predicted octanol–water partition coefficient (Wildman–Crippen LogP) is 5.79. The number of aryl methyl sites for hydroxylation is 1. The van der Waals surface area contributed by atoms with Crippen molar-refractivity contribution in [2.45, 2.75) is 78.1 Å². The number of carbonyl (C=O) groups is 2. The summed E-state index contributed by atoms with van der Waals surface area (Å²) in [4.78, 5) is 28.6. The number of ether oxygens (including phenoxy) is 2. The Kier molecular flexibility index (Phi) is 10.1. The fourth-order valence-corrected chi connectivity index (χ4v) is 4.81. The third kappa shape index (κ3) is 7.39. The van der Waals surface area contributed by atoms with E-state index in [1.54, 1.807) is 24.1 Å². The van der Waals surface area contributed by atoms with Crippen molar-refractivity contribution in [3.63, 3.8) is 0 Å². The fraction of sp³-hybridized carbons (Fsp3) is 0.517. The first-order chi connectivity index (χ1) is 17.2. The van der Waals surface area contributed by atoms with Gasteiger partial charge in [-0.2, -0.15) is 0 Å². The third-order valence-electron chi connectivity index (χ3n) is 6.70. The largest absolute Gasteiger partial charge is 0.493 e. The third-order valence-corrected chi connectivity index (χ3v) is 6.93. The monoisotopic (exact) mass is 514 g/mol. The van der Waals surface area contributed by atoms with Gasteiger partial charge in [-0.15, -0.1) is 11.6 Å². The van der Waals surface area contributed by atoms with Gasteiger partial charge in [0.15, 0.2) is 11.5 Å². The number of benzene rings is 2. The van der Waals surface area contributed by atoms with Crippen molar-refractivity contribution < 1.29 is 19.1 Å². The maximum atomic E-state index is 13.8. The number of rotatable bonds is 10. The number of halogens is 1. The van der Waals surface area contributed by atoms with E-state index < -0.39 is 6.04 Å². The second kappa shape index (κ2) is 13.0. The van der Waals surface area contributed by atoms with Gasteiger partial charge >= 0.3 is 0 Å². The molecular formula is C29H39ClN2O4. The summed E-state index contributed by atoms with van der Waals surface area (Å²) in [7, 11) is 1.57. The molecule has 1 atom stereocenters. The van der Waals surface area contributed by atoms with Crippen molar-refractivity contribution in [3.05, 3.63) is 59.2 Å². The average Bonchev–Trinajstić information content (AvgIpc) is 2.86. The lowest BCUT2D eigenvalue weighted by molar-refractivity contribution is -0.140. The van der Waals surface area contributed by atoms with Gasteiger partial charge in [-0.05, 0) is 75.6 Å². The minimum absolute atomic E-state index is 0.0339. The van der Waals surface area contributed by atoms with E-state index in [1.165, 1.54) is 0 Å². The van der Waals surface area contributed by atoms with Crippen LogP contribution in [0.1, 0.15) is 69.2 Å². The molecule has 6 nitrogen and oxygen atoms in total. The summed E-state index contributed by atoms with van der Waals surface area (Å²) in [5.74, 6) is 1.03. The molecule has 196 valence electrons. The highest BCUT2D eigenvalue weighted by Gasteiger charge is 2.33. The van der Waals surface area contributed by atoms with Crippen molar-refractivity contribution in [1.82, 2.24) is 10.2 Å². The molecule has 0 bridgehead atoms. The van der Waals surface area contributed by atoms with E-state index in [1.807, 2.05) is 51.1 Å². The molecule has 0 unspecified atom stereocenters. The van der Waals surface area contributed by atoms with Gasteiger partial charge in [0.05, 0.1) is 13.2 Å². The molecule has 0 aliphatic heterocycles. The van der Waals surface area contributed by atoms with Crippen LogP contribution in [0.5, 0.6) is 11.5 Å². The van der Waals surface area contributed by atoms with Gasteiger partial charge in [-0.1, -0.05) is 42.8 Å². The lowest BCUT2D eigenvalue weighted by atomic mass is 9.87. The molecule has 1 saturated carbocycles. The molecule has 7 heteroatoms. The van der Waals surface area contributed by atoms with Crippen molar-refractivity contribution in [2.24, 2.45) is 5.92 Å². The number of hydrogen-bond acceptors (Lipinski definition) is 4. The van der Waals surface area contributed by atoms with Gasteiger partial charge in [0, 0.05) is 12.6 Å². The second-order valence-corrected chi connectivity index (χ2v) is 10.4. The fourth-order valence-electron chi connectivity index (χ4n) is 4.65. The maximum Gasteiger partial charge on any atom is 0.247 e. The van der Waals surface area contributed by atoms with Gasteiger partial charge in [0.25, 0.3) is 0 Å². The lowest BCUT2D eigenvalue weighted by Gasteiger charge is -2.34. The van der Waals surface area contributed by atoms with E-state index in [-0.39, 0.29) is 36.4 Å². The van der Waals surface area contributed by atoms with Crippen LogP contribution in [-0.4, -0.2) is 41.8 Å². The topological polar surface area (TPSA) is 67.9 Å². The van der Waals surface area contributed by atoms with Gasteiger partial charge in [-0.3, -0.25) is 9.59 Å². The molecular weight excluding hydrogens is 476 g/mol. The molecule has 1 N–H and O–H groups in total. The van der Waals surface area contributed by atoms with E-state index in [0.717, 1.165) is 36.8 Å². The summed E-state index contributed by atoms with van der Waals surface area (Å²) in [5.41, 5.74) is 2.70. The first kappa shape index (κ1) is 27.9. The number of carbonyl (C=O) groups excluding carboxylic acids is 2. The van der Waals surface area contributed by atoms with Gasteiger partial charge in [-0.25, -0.2) is 0 Å². The highest BCUT2D eigenvalue weighted by atomic mass is 35.5. The molecule has 2 amide bonds. The maximum absolute atomic E-state index is 13.8. The molecule has 0 spiro atoms. The summed E-state index contributed by atoms with van der Waals surface area (Å²) in [6.45, 7) is 8.41. The number of nitrogens with zero attached hydrogens (tertiary/aromatic N) is 1. The molecule has 0 saturated heterocycles. The average molecular weight is 515 g/mol. The van der Waals surface area contributed by atoms with E-state index >= 15 is 0 Å². The Bertz CT molecular complexity index is 1020. The molecule has 0 heterocycles. The minimum atomic E-state index is -0.862. The first-order valence-electron chi connectivity index (χ1n) is 12.8. The Morgan fingerprint density at radius 1 is 1.06 bits per heavy atom. The van der Waals surface area contributed by atoms with E-state index in [9.17, 15) is 9.59 Å². The van der Waals surface area contributed by atoms with Crippen LogP contribution in [0.3, 0.4) is 0 Å². The minimum Gasteiger partial charge on any atom is -0.493 e. The molecule has 36 heavy (non-hydrogen) atoms. The van der Waals surface area contributed by atoms with Crippen LogP contribution in [0.4, 0.5) is 0 Å². The molecule has 3 rings (SSSR count). The van der Waals surface area contributed by atoms with Gasteiger partial charge in [0.2, 0.25) is 11.8 Å². The summed E-state index contributed by atoms with van der Waals surface area (Å²) in [6.07, 6.45) is 4.00. The zero-order valence-electron chi connectivity index (χ0n) is 22.1. The quantitative estimate of drug-likeness (QED) is 0.407. The van der Waals surface area contributed by atoms with Crippen LogP contribution in [-0.2, 0) is 16.1 Å². The highest BCUT2D eigenvalue weighted by Crippen LogP contribution is 2.34. The van der Waals surface area contributed by atoms with Gasteiger partial charge in [0.1, 0.15) is 11.9 Å². The summed E-state index contributed by atoms with van der Waals surface area (Å²) < 4.78 is 11.5. The van der Waals surface area contributed by atoms with Crippen LogP contribution in [0.2, 0.25) is 0 Å². The SMILES string of the molecule is COc1cc([C@@H](C(=O)NC2CCC(C)CC2)N(Cc2ccc(C)cc2)C(=O)CCl)ccc1OC(C)C. The Labute approximate surface area is 220 Å². The normalized spacial score (nSPS) is 18.4. The van der Waals surface area contributed by atoms with Crippen molar-refractivity contribution in [2.75, 3.05) is 13.0 Å². The molecule has 2 aromatic rings. The number of hydrogen-bond donors (Lipinski definition) is 1. The Hall–Kier alpha value is -2.73. The zero-order chi connectivity index (χ0) is 26.2. The molecule has 1 aliphatic rings. The van der Waals surface area contributed by atoms with Crippen LogP contribution in [0, 0.1) is 12.8 Å². The standard InChI is InChI=1S/C29H39ClN2O4/c1-19(2)36-25-15-12-23(16-26(25)35-5)28(29(34)31-24-13-8-21(4)9-14-24)32(27(33)17-30)18-22-10-6-20(3)7-11-22/h6-7,10-12,15-16,19,21,24,28H,8-9,13-14,17-18H2,1-5H3,(H,31,34)/t21?,24?,28-/m0/s1. The molecule has 1 aliphatic carbocycles.